The first-order valence-corrected chi connectivity index (χ1v) is 8.56. The molecule has 0 radical (unpaired) electrons. The van der Waals surface area contributed by atoms with Crippen LogP contribution >= 0.6 is 0 Å². The van der Waals surface area contributed by atoms with E-state index in [2.05, 4.69) is 39.9 Å². The number of hydrogen-bond acceptors (Lipinski definition) is 3. The van der Waals surface area contributed by atoms with E-state index in [9.17, 15) is 0 Å². The van der Waals surface area contributed by atoms with Gasteiger partial charge >= 0.3 is 0 Å². The van der Waals surface area contributed by atoms with Crippen LogP contribution in [0.15, 0.2) is 35.3 Å². The number of hydrogen-bond donors (Lipinski definition) is 2. The normalized spacial score (nSPS) is 18.1. The summed E-state index contributed by atoms with van der Waals surface area (Å²) in [6, 6.07) is 10.5. The molecule has 1 aromatic carbocycles. The van der Waals surface area contributed by atoms with Gasteiger partial charge in [-0.25, -0.2) is 0 Å². The SMILES string of the molecule is CN=C(NCCCOCC1CCCO1)NCCc1ccccc1. The molecule has 1 unspecified atom stereocenters. The smallest absolute Gasteiger partial charge is 0.190 e. The third-order valence-corrected chi connectivity index (χ3v) is 3.86. The van der Waals surface area contributed by atoms with Gasteiger partial charge in [0.05, 0.1) is 12.7 Å². The average molecular weight is 319 g/mol. The van der Waals surface area contributed by atoms with Crippen LogP contribution in [0.25, 0.3) is 0 Å². The van der Waals surface area contributed by atoms with E-state index in [1.54, 1.807) is 7.05 Å². The molecular formula is C18H29N3O2. The molecule has 0 bridgehead atoms. The zero-order chi connectivity index (χ0) is 16.2. The summed E-state index contributed by atoms with van der Waals surface area (Å²) in [5.41, 5.74) is 1.33. The van der Waals surface area contributed by atoms with E-state index in [1.807, 2.05) is 6.07 Å². The Labute approximate surface area is 139 Å². The molecule has 0 aromatic heterocycles. The molecule has 128 valence electrons. The van der Waals surface area contributed by atoms with Gasteiger partial charge in [-0.05, 0) is 31.2 Å². The molecule has 1 aliphatic heterocycles. The lowest BCUT2D eigenvalue weighted by atomic mass is 10.1. The van der Waals surface area contributed by atoms with Crippen LogP contribution in [0.3, 0.4) is 0 Å². The van der Waals surface area contributed by atoms with E-state index in [-0.39, 0.29) is 0 Å². The number of ether oxygens (including phenoxy) is 2. The predicted octanol–water partition coefficient (Wildman–Crippen LogP) is 1.98. The number of rotatable bonds is 9. The first-order chi connectivity index (χ1) is 11.4. The highest BCUT2D eigenvalue weighted by Gasteiger charge is 2.14. The molecule has 1 aliphatic rings. The Balaban J connectivity index is 1.47. The maximum absolute atomic E-state index is 5.65. The van der Waals surface area contributed by atoms with Crippen LogP contribution in [0.4, 0.5) is 0 Å². The van der Waals surface area contributed by atoms with Gasteiger partial charge in [0.25, 0.3) is 0 Å². The van der Waals surface area contributed by atoms with Gasteiger partial charge in [0.1, 0.15) is 0 Å². The molecule has 5 nitrogen and oxygen atoms in total. The fraction of sp³-hybridized carbons (Fsp3) is 0.611. The first-order valence-electron chi connectivity index (χ1n) is 8.56. The zero-order valence-electron chi connectivity index (χ0n) is 14.1. The predicted molar refractivity (Wildman–Crippen MR) is 93.9 cm³/mol. The number of guanidine groups is 1. The molecule has 1 atom stereocenters. The van der Waals surface area contributed by atoms with E-state index >= 15 is 0 Å². The summed E-state index contributed by atoms with van der Waals surface area (Å²) in [7, 11) is 1.80. The van der Waals surface area contributed by atoms with Gasteiger partial charge in [-0.2, -0.15) is 0 Å². The third kappa shape index (κ3) is 7.48. The second-order valence-corrected chi connectivity index (χ2v) is 5.72. The van der Waals surface area contributed by atoms with Crippen molar-refractivity contribution in [1.29, 1.82) is 0 Å². The highest BCUT2D eigenvalue weighted by atomic mass is 16.5. The molecular weight excluding hydrogens is 290 g/mol. The van der Waals surface area contributed by atoms with E-state index in [0.29, 0.717) is 6.10 Å². The molecule has 2 rings (SSSR count). The van der Waals surface area contributed by atoms with Gasteiger partial charge in [0.2, 0.25) is 0 Å². The number of aliphatic imine (C=N–C) groups is 1. The van der Waals surface area contributed by atoms with Gasteiger partial charge in [-0.1, -0.05) is 30.3 Å². The minimum absolute atomic E-state index is 0.315. The van der Waals surface area contributed by atoms with Crippen molar-refractivity contribution in [1.82, 2.24) is 10.6 Å². The minimum Gasteiger partial charge on any atom is -0.379 e. The Kier molecular flexibility index (Phi) is 8.51. The van der Waals surface area contributed by atoms with Crippen molar-refractivity contribution >= 4 is 5.96 Å². The van der Waals surface area contributed by atoms with Crippen LogP contribution < -0.4 is 10.6 Å². The summed E-state index contributed by atoms with van der Waals surface area (Å²) in [6.07, 6.45) is 4.57. The second-order valence-electron chi connectivity index (χ2n) is 5.72. The largest absolute Gasteiger partial charge is 0.379 e. The van der Waals surface area contributed by atoms with Crippen LogP contribution in [0.2, 0.25) is 0 Å². The number of nitrogens with one attached hydrogen (secondary N) is 2. The van der Waals surface area contributed by atoms with E-state index < -0.39 is 0 Å². The van der Waals surface area contributed by atoms with Crippen LogP contribution in [0.5, 0.6) is 0 Å². The maximum atomic E-state index is 5.65. The summed E-state index contributed by atoms with van der Waals surface area (Å²) in [6.45, 7) is 4.11. The Hall–Kier alpha value is -1.59. The quantitative estimate of drug-likeness (QED) is 0.415. The van der Waals surface area contributed by atoms with E-state index in [1.165, 1.54) is 12.0 Å². The standard InChI is InChI=1S/C18H29N3O2/c1-19-18(21-12-10-16-7-3-2-4-8-16)20-11-6-13-22-15-17-9-5-14-23-17/h2-4,7-8,17H,5-6,9-15H2,1H3,(H2,19,20,21). The summed E-state index contributed by atoms with van der Waals surface area (Å²) in [5.74, 6) is 0.847. The first kappa shape index (κ1) is 17.8. The van der Waals surface area contributed by atoms with E-state index in [4.69, 9.17) is 9.47 Å². The summed E-state index contributed by atoms with van der Waals surface area (Å²) < 4.78 is 11.2. The molecule has 0 spiro atoms. The third-order valence-electron chi connectivity index (χ3n) is 3.86. The molecule has 1 saturated heterocycles. The number of nitrogens with zero attached hydrogens (tertiary/aromatic N) is 1. The Bertz CT molecular complexity index is 445. The van der Waals surface area contributed by atoms with E-state index in [0.717, 1.165) is 58.1 Å². The monoisotopic (exact) mass is 319 g/mol. The van der Waals surface area contributed by atoms with Crippen LogP contribution in [0.1, 0.15) is 24.8 Å². The highest BCUT2D eigenvalue weighted by molar-refractivity contribution is 5.79. The summed E-state index contributed by atoms with van der Waals surface area (Å²) in [4.78, 5) is 4.23. The molecule has 1 aromatic rings. The van der Waals surface area contributed by atoms with Gasteiger partial charge < -0.3 is 20.1 Å². The van der Waals surface area contributed by atoms with Gasteiger partial charge in [-0.3, -0.25) is 4.99 Å². The Morgan fingerprint density at radius 1 is 1.26 bits per heavy atom. The molecule has 1 heterocycles. The molecule has 23 heavy (non-hydrogen) atoms. The fourth-order valence-corrected chi connectivity index (χ4v) is 2.56. The van der Waals surface area contributed by atoms with Crippen LogP contribution in [0, 0.1) is 0 Å². The number of benzene rings is 1. The van der Waals surface area contributed by atoms with Crippen molar-refractivity contribution in [2.75, 3.05) is 40.0 Å². The Morgan fingerprint density at radius 2 is 2.09 bits per heavy atom. The van der Waals surface area contributed by atoms with Gasteiger partial charge in [0.15, 0.2) is 5.96 Å². The van der Waals surface area contributed by atoms with Crippen LogP contribution in [-0.2, 0) is 15.9 Å². The molecule has 1 fully saturated rings. The van der Waals surface area contributed by atoms with Crippen molar-refractivity contribution in [2.45, 2.75) is 31.8 Å². The van der Waals surface area contributed by atoms with Crippen molar-refractivity contribution in [2.24, 2.45) is 4.99 Å². The van der Waals surface area contributed by atoms with Crippen LogP contribution in [-0.4, -0.2) is 52.0 Å². The second kappa shape index (κ2) is 11.0. The summed E-state index contributed by atoms with van der Waals surface area (Å²) in [5, 5.41) is 6.64. The Morgan fingerprint density at radius 3 is 2.83 bits per heavy atom. The maximum Gasteiger partial charge on any atom is 0.190 e. The molecule has 0 saturated carbocycles. The molecule has 0 amide bonds. The summed E-state index contributed by atoms with van der Waals surface area (Å²) >= 11 is 0. The zero-order valence-corrected chi connectivity index (χ0v) is 14.1. The topological polar surface area (TPSA) is 54.9 Å². The van der Waals surface area contributed by atoms with Gasteiger partial charge in [0, 0.05) is 33.4 Å². The highest BCUT2D eigenvalue weighted by Crippen LogP contribution is 2.11. The lowest BCUT2D eigenvalue weighted by Gasteiger charge is -2.13. The lowest BCUT2D eigenvalue weighted by Crippen LogP contribution is -2.39. The minimum atomic E-state index is 0.315. The molecule has 2 N–H and O–H groups in total. The lowest BCUT2D eigenvalue weighted by molar-refractivity contribution is 0.0168. The molecule has 0 aliphatic carbocycles. The van der Waals surface area contributed by atoms with Crippen molar-refractivity contribution < 1.29 is 9.47 Å². The van der Waals surface area contributed by atoms with Crippen molar-refractivity contribution in [3.63, 3.8) is 0 Å². The molecule has 5 heteroatoms. The van der Waals surface area contributed by atoms with Gasteiger partial charge in [-0.15, -0.1) is 0 Å². The van der Waals surface area contributed by atoms with Crippen molar-refractivity contribution in [3.8, 4) is 0 Å². The fourth-order valence-electron chi connectivity index (χ4n) is 2.56. The van der Waals surface area contributed by atoms with Crippen molar-refractivity contribution in [3.05, 3.63) is 35.9 Å². The average Bonchev–Trinajstić information content (AvgIpc) is 3.10.